The molecule has 2 N–H and O–H groups in total. The van der Waals surface area contributed by atoms with Crippen molar-refractivity contribution in [3.63, 3.8) is 0 Å². The smallest absolute Gasteiger partial charge is 0.0679 e. The predicted molar refractivity (Wildman–Crippen MR) is 38.8 cm³/mol. The standard InChI is InChI=1S/C7H17NO/c1-7(2)5-3-4-6-9-8/h7H,3-6,8H2,1-2H3. The molecule has 0 aromatic carbocycles. The van der Waals surface area contributed by atoms with Crippen LogP contribution in [0.4, 0.5) is 0 Å². The van der Waals surface area contributed by atoms with Crippen LogP contribution in [0.3, 0.4) is 0 Å². The van der Waals surface area contributed by atoms with Crippen LogP contribution in [0, 0.1) is 5.92 Å². The van der Waals surface area contributed by atoms with Crippen molar-refractivity contribution in [2.24, 2.45) is 11.8 Å². The first-order valence-electron chi connectivity index (χ1n) is 3.59. The molecule has 2 heteroatoms. The van der Waals surface area contributed by atoms with Gasteiger partial charge in [-0.1, -0.05) is 26.7 Å². The third-order valence-corrected chi connectivity index (χ3v) is 1.29. The van der Waals surface area contributed by atoms with E-state index in [1.807, 2.05) is 0 Å². The maximum Gasteiger partial charge on any atom is 0.0679 e. The van der Waals surface area contributed by atoms with E-state index in [1.54, 1.807) is 0 Å². The Kier molecular flexibility index (Phi) is 5.99. The van der Waals surface area contributed by atoms with E-state index in [2.05, 4.69) is 18.7 Å². The van der Waals surface area contributed by atoms with E-state index < -0.39 is 0 Å². The van der Waals surface area contributed by atoms with Crippen molar-refractivity contribution in [3.05, 3.63) is 0 Å². The van der Waals surface area contributed by atoms with Gasteiger partial charge in [-0.2, -0.15) is 0 Å². The number of nitrogens with two attached hydrogens (primary N) is 1. The fraction of sp³-hybridized carbons (Fsp3) is 1.00. The highest BCUT2D eigenvalue weighted by atomic mass is 16.6. The molecule has 0 aromatic heterocycles. The second-order valence-corrected chi connectivity index (χ2v) is 2.76. The number of rotatable bonds is 5. The normalized spacial score (nSPS) is 10.7. The van der Waals surface area contributed by atoms with Crippen molar-refractivity contribution < 1.29 is 4.84 Å². The van der Waals surface area contributed by atoms with Crippen molar-refractivity contribution in [3.8, 4) is 0 Å². The molecule has 0 heterocycles. The first kappa shape index (κ1) is 8.92. The number of unbranched alkanes of at least 4 members (excludes halogenated alkanes) is 1. The third kappa shape index (κ3) is 7.92. The molecule has 0 bridgehead atoms. The molecule has 0 aliphatic carbocycles. The minimum Gasteiger partial charge on any atom is -0.305 e. The summed E-state index contributed by atoms with van der Waals surface area (Å²) in [7, 11) is 0. The SMILES string of the molecule is CC(C)CCCCON. The summed E-state index contributed by atoms with van der Waals surface area (Å²) in [4.78, 5) is 4.42. The lowest BCUT2D eigenvalue weighted by atomic mass is 10.1. The van der Waals surface area contributed by atoms with Crippen molar-refractivity contribution in [1.29, 1.82) is 0 Å². The zero-order valence-electron chi connectivity index (χ0n) is 6.39. The Hall–Kier alpha value is -0.0800. The van der Waals surface area contributed by atoms with Crippen LogP contribution in [-0.4, -0.2) is 6.61 Å². The molecule has 2 nitrogen and oxygen atoms in total. The molecule has 0 amide bonds. The molecule has 9 heavy (non-hydrogen) atoms. The Labute approximate surface area is 57.3 Å². The Morgan fingerprint density at radius 2 is 2.00 bits per heavy atom. The van der Waals surface area contributed by atoms with Gasteiger partial charge in [0.05, 0.1) is 6.61 Å². The van der Waals surface area contributed by atoms with Crippen LogP contribution in [0.25, 0.3) is 0 Å². The second-order valence-electron chi connectivity index (χ2n) is 2.76. The molecule has 0 aliphatic heterocycles. The van der Waals surface area contributed by atoms with Crippen LogP contribution >= 0.6 is 0 Å². The fourth-order valence-corrected chi connectivity index (χ4v) is 0.738. The van der Waals surface area contributed by atoms with E-state index in [0.717, 1.165) is 12.3 Å². The first-order valence-corrected chi connectivity index (χ1v) is 3.59. The minimum atomic E-state index is 0.701. The van der Waals surface area contributed by atoms with Gasteiger partial charge in [-0.3, -0.25) is 0 Å². The lowest BCUT2D eigenvalue weighted by Gasteiger charge is -2.01. The molecule has 0 radical (unpaired) electrons. The lowest BCUT2D eigenvalue weighted by Crippen LogP contribution is -2.00. The molecule has 0 saturated carbocycles. The van der Waals surface area contributed by atoms with Crippen LogP contribution in [0.5, 0.6) is 0 Å². The highest BCUT2D eigenvalue weighted by Crippen LogP contribution is 2.05. The molecule has 0 atom stereocenters. The van der Waals surface area contributed by atoms with Crippen LogP contribution < -0.4 is 5.90 Å². The molecule has 56 valence electrons. The zero-order chi connectivity index (χ0) is 7.11. The van der Waals surface area contributed by atoms with E-state index in [-0.39, 0.29) is 0 Å². The molecular weight excluding hydrogens is 114 g/mol. The fourth-order valence-electron chi connectivity index (χ4n) is 0.738. The topological polar surface area (TPSA) is 35.2 Å². The summed E-state index contributed by atoms with van der Waals surface area (Å²) in [6, 6.07) is 0. The zero-order valence-corrected chi connectivity index (χ0v) is 6.39. The maximum absolute atomic E-state index is 4.85. The third-order valence-electron chi connectivity index (χ3n) is 1.29. The monoisotopic (exact) mass is 131 g/mol. The van der Waals surface area contributed by atoms with Gasteiger partial charge >= 0.3 is 0 Å². The highest BCUT2D eigenvalue weighted by molar-refractivity contribution is 4.44. The van der Waals surface area contributed by atoms with Crippen LogP contribution in [0.1, 0.15) is 33.1 Å². The summed E-state index contributed by atoms with van der Waals surface area (Å²) >= 11 is 0. The van der Waals surface area contributed by atoms with Gasteiger partial charge in [0.1, 0.15) is 0 Å². The molecule has 0 aromatic rings. The lowest BCUT2D eigenvalue weighted by molar-refractivity contribution is 0.132. The van der Waals surface area contributed by atoms with E-state index in [1.165, 1.54) is 12.8 Å². The molecule has 0 rings (SSSR count). The summed E-state index contributed by atoms with van der Waals surface area (Å²) in [6.45, 7) is 5.15. The molecular formula is C7H17NO. The maximum atomic E-state index is 4.85. The largest absolute Gasteiger partial charge is 0.305 e. The van der Waals surface area contributed by atoms with E-state index >= 15 is 0 Å². The van der Waals surface area contributed by atoms with Gasteiger partial charge in [0.2, 0.25) is 0 Å². The Morgan fingerprint density at radius 3 is 2.44 bits per heavy atom. The summed E-state index contributed by atoms with van der Waals surface area (Å²) in [6.07, 6.45) is 3.60. The van der Waals surface area contributed by atoms with E-state index in [0.29, 0.717) is 6.61 Å². The van der Waals surface area contributed by atoms with Crippen LogP contribution in [-0.2, 0) is 4.84 Å². The Morgan fingerprint density at radius 1 is 1.33 bits per heavy atom. The average Bonchev–Trinajstić information content (AvgIpc) is 1.80. The quantitative estimate of drug-likeness (QED) is 0.455. The molecule has 0 unspecified atom stereocenters. The van der Waals surface area contributed by atoms with E-state index in [9.17, 15) is 0 Å². The van der Waals surface area contributed by atoms with Crippen LogP contribution in [0.15, 0.2) is 0 Å². The summed E-state index contributed by atoms with van der Waals surface area (Å²) in [5, 5.41) is 0. The van der Waals surface area contributed by atoms with Crippen molar-refractivity contribution >= 4 is 0 Å². The van der Waals surface area contributed by atoms with Crippen LogP contribution in [0.2, 0.25) is 0 Å². The van der Waals surface area contributed by atoms with Crippen molar-refractivity contribution in [1.82, 2.24) is 0 Å². The van der Waals surface area contributed by atoms with Crippen molar-refractivity contribution in [2.75, 3.05) is 6.61 Å². The second kappa shape index (κ2) is 6.05. The summed E-state index contributed by atoms with van der Waals surface area (Å²) < 4.78 is 0. The Bertz CT molecular complexity index is 54.9. The van der Waals surface area contributed by atoms with E-state index in [4.69, 9.17) is 5.90 Å². The number of hydrogen-bond donors (Lipinski definition) is 1. The number of hydrogen-bond acceptors (Lipinski definition) is 2. The minimum absolute atomic E-state index is 0.701. The molecule has 0 saturated heterocycles. The van der Waals surface area contributed by atoms with Gasteiger partial charge in [0, 0.05) is 0 Å². The van der Waals surface area contributed by atoms with Gasteiger partial charge in [0.15, 0.2) is 0 Å². The van der Waals surface area contributed by atoms with Gasteiger partial charge in [0.25, 0.3) is 0 Å². The first-order chi connectivity index (χ1) is 4.27. The Balaban J connectivity index is 2.75. The summed E-state index contributed by atoms with van der Waals surface area (Å²) in [5.74, 6) is 5.65. The molecule has 0 fully saturated rings. The van der Waals surface area contributed by atoms with Crippen molar-refractivity contribution in [2.45, 2.75) is 33.1 Å². The van der Waals surface area contributed by atoms with Gasteiger partial charge in [-0.05, 0) is 12.3 Å². The predicted octanol–water partition coefficient (Wildman–Crippen LogP) is 1.70. The van der Waals surface area contributed by atoms with Gasteiger partial charge in [-0.25, -0.2) is 5.90 Å². The van der Waals surface area contributed by atoms with Gasteiger partial charge in [-0.15, -0.1) is 0 Å². The van der Waals surface area contributed by atoms with Gasteiger partial charge < -0.3 is 4.84 Å². The highest BCUT2D eigenvalue weighted by Gasteiger charge is 1.92. The molecule has 0 aliphatic rings. The molecule has 0 spiro atoms. The average molecular weight is 131 g/mol. The summed E-state index contributed by atoms with van der Waals surface area (Å²) in [5.41, 5.74) is 0.